The molecule has 0 amide bonds. The minimum Gasteiger partial charge on any atom is -0.497 e. The third kappa shape index (κ3) is 3.51. The molecule has 6 heteroatoms. The first-order valence-corrected chi connectivity index (χ1v) is 8.45. The highest BCUT2D eigenvalue weighted by molar-refractivity contribution is 7.98. The van der Waals surface area contributed by atoms with Crippen molar-refractivity contribution >= 4 is 23.4 Å². The van der Waals surface area contributed by atoms with Crippen LogP contribution >= 0.6 is 23.4 Å². The van der Waals surface area contributed by atoms with Crippen molar-refractivity contribution in [2.24, 2.45) is 7.05 Å². The summed E-state index contributed by atoms with van der Waals surface area (Å²) in [6, 6.07) is 15.7. The van der Waals surface area contributed by atoms with Gasteiger partial charge in [0.25, 0.3) is 0 Å². The van der Waals surface area contributed by atoms with Crippen LogP contribution < -0.4 is 4.74 Å². The number of hydrogen-bond donors (Lipinski definition) is 0. The van der Waals surface area contributed by atoms with E-state index < -0.39 is 0 Å². The fourth-order valence-corrected chi connectivity index (χ4v) is 3.27. The van der Waals surface area contributed by atoms with E-state index in [0.717, 1.165) is 28.0 Å². The van der Waals surface area contributed by atoms with Gasteiger partial charge in [0.2, 0.25) is 0 Å². The molecule has 0 spiro atoms. The molecule has 1 aromatic heterocycles. The van der Waals surface area contributed by atoms with E-state index in [4.69, 9.17) is 16.3 Å². The van der Waals surface area contributed by atoms with E-state index in [1.54, 1.807) is 18.9 Å². The van der Waals surface area contributed by atoms with Crippen molar-refractivity contribution in [2.45, 2.75) is 10.9 Å². The molecule has 0 aliphatic heterocycles. The maximum Gasteiger partial charge on any atom is 0.191 e. The van der Waals surface area contributed by atoms with E-state index >= 15 is 0 Å². The second-order valence-electron chi connectivity index (χ2n) is 4.98. The van der Waals surface area contributed by atoms with Gasteiger partial charge in [-0.1, -0.05) is 47.6 Å². The van der Waals surface area contributed by atoms with Gasteiger partial charge in [0.05, 0.1) is 12.1 Å². The monoisotopic (exact) mass is 345 g/mol. The normalized spacial score (nSPS) is 10.7. The number of thioether (sulfide) groups is 1. The van der Waals surface area contributed by atoms with Crippen molar-refractivity contribution in [3.05, 3.63) is 59.1 Å². The van der Waals surface area contributed by atoms with Crippen molar-refractivity contribution in [3.8, 4) is 17.1 Å². The first kappa shape index (κ1) is 15.9. The van der Waals surface area contributed by atoms with Crippen LogP contribution in [0.4, 0.5) is 0 Å². The molecule has 0 N–H and O–H groups in total. The average Bonchev–Trinajstić information content (AvgIpc) is 2.94. The smallest absolute Gasteiger partial charge is 0.191 e. The molecule has 0 aliphatic rings. The quantitative estimate of drug-likeness (QED) is 0.641. The molecule has 4 nitrogen and oxygen atoms in total. The Bertz CT molecular complexity index is 802. The van der Waals surface area contributed by atoms with Crippen molar-refractivity contribution in [3.63, 3.8) is 0 Å². The van der Waals surface area contributed by atoms with Crippen molar-refractivity contribution in [1.82, 2.24) is 14.8 Å². The molecule has 0 fully saturated rings. The van der Waals surface area contributed by atoms with Crippen molar-refractivity contribution in [1.29, 1.82) is 0 Å². The fraction of sp³-hybridized carbons (Fsp3) is 0.176. The maximum absolute atomic E-state index is 6.24. The lowest BCUT2D eigenvalue weighted by Gasteiger charge is -2.06. The Morgan fingerprint density at radius 1 is 1.09 bits per heavy atom. The molecule has 0 bridgehead atoms. The molecule has 3 rings (SSSR count). The van der Waals surface area contributed by atoms with E-state index in [1.807, 2.05) is 48.0 Å². The Hall–Kier alpha value is -1.98. The minimum atomic E-state index is 0.676. The third-order valence-corrected chi connectivity index (χ3v) is 4.90. The molecule has 0 radical (unpaired) electrons. The van der Waals surface area contributed by atoms with Gasteiger partial charge in [-0.25, -0.2) is 0 Å². The molecule has 118 valence electrons. The molecule has 2 aromatic carbocycles. The van der Waals surface area contributed by atoms with E-state index in [1.165, 1.54) is 5.56 Å². The van der Waals surface area contributed by atoms with E-state index in [9.17, 15) is 0 Å². The number of hydrogen-bond acceptors (Lipinski definition) is 4. The second kappa shape index (κ2) is 7.06. The topological polar surface area (TPSA) is 39.9 Å². The summed E-state index contributed by atoms with van der Waals surface area (Å²) in [5.74, 6) is 2.45. The van der Waals surface area contributed by atoms with Crippen LogP contribution in [0.2, 0.25) is 5.02 Å². The Labute approximate surface area is 144 Å². The Kier molecular flexibility index (Phi) is 4.88. The van der Waals surface area contributed by atoms with E-state index in [2.05, 4.69) is 22.3 Å². The van der Waals surface area contributed by atoms with Crippen LogP contribution in [0, 0.1) is 0 Å². The number of benzene rings is 2. The van der Waals surface area contributed by atoms with Gasteiger partial charge < -0.3 is 9.30 Å². The van der Waals surface area contributed by atoms with Crippen LogP contribution in [0.25, 0.3) is 11.4 Å². The summed E-state index contributed by atoms with van der Waals surface area (Å²) in [5, 5.41) is 10.1. The van der Waals surface area contributed by atoms with Crippen molar-refractivity contribution in [2.75, 3.05) is 7.11 Å². The van der Waals surface area contributed by atoms with Gasteiger partial charge >= 0.3 is 0 Å². The van der Waals surface area contributed by atoms with Crippen LogP contribution in [0.1, 0.15) is 5.56 Å². The number of nitrogens with zero attached hydrogens (tertiary/aromatic N) is 3. The van der Waals surface area contributed by atoms with Gasteiger partial charge in [-0.15, -0.1) is 10.2 Å². The highest BCUT2D eigenvalue weighted by Crippen LogP contribution is 2.29. The Balaban J connectivity index is 1.75. The van der Waals surface area contributed by atoms with Crippen LogP contribution in [0.15, 0.2) is 53.7 Å². The molecule has 0 aliphatic carbocycles. The fourth-order valence-electron chi connectivity index (χ4n) is 2.19. The molecule has 0 unspecified atom stereocenters. The lowest BCUT2D eigenvalue weighted by atomic mass is 10.2. The van der Waals surface area contributed by atoms with Gasteiger partial charge in [0.15, 0.2) is 11.0 Å². The molecular formula is C17H16ClN3OS. The molecular weight excluding hydrogens is 330 g/mol. The number of halogens is 1. The van der Waals surface area contributed by atoms with Crippen molar-refractivity contribution < 1.29 is 4.74 Å². The van der Waals surface area contributed by atoms with Gasteiger partial charge in [-0.3, -0.25) is 0 Å². The van der Waals surface area contributed by atoms with Crippen LogP contribution in [0.3, 0.4) is 0 Å². The van der Waals surface area contributed by atoms with Gasteiger partial charge in [-0.05, 0) is 29.8 Å². The highest BCUT2D eigenvalue weighted by Gasteiger charge is 2.13. The first-order chi connectivity index (χ1) is 11.2. The summed E-state index contributed by atoms with van der Waals surface area (Å²) in [7, 11) is 3.62. The number of ether oxygens (including phenoxy) is 1. The van der Waals surface area contributed by atoms with Crippen LogP contribution in [-0.4, -0.2) is 21.9 Å². The molecule has 3 aromatic rings. The molecule has 23 heavy (non-hydrogen) atoms. The summed E-state index contributed by atoms with van der Waals surface area (Å²) in [6.45, 7) is 0. The standard InChI is InChI=1S/C17H16ClN3OS/c1-21-16(14-5-3-4-6-15(14)18)19-20-17(21)23-11-12-7-9-13(22-2)10-8-12/h3-10H,11H2,1-2H3. The molecule has 0 saturated carbocycles. The molecule has 0 saturated heterocycles. The summed E-state index contributed by atoms with van der Waals surface area (Å²) < 4.78 is 7.14. The predicted octanol–water partition coefficient (Wildman–Crippen LogP) is 4.44. The Morgan fingerprint density at radius 3 is 2.52 bits per heavy atom. The predicted molar refractivity (Wildman–Crippen MR) is 94.0 cm³/mol. The SMILES string of the molecule is COc1ccc(CSc2nnc(-c3ccccc3Cl)n2C)cc1. The maximum atomic E-state index is 6.24. The van der Waals surface area contributed by atoms with Gasteiger partial charge in [0, 0.05) is 18.4 Å². The highest BCUT2D eigenvalue weighted by atomic mass is 35.5. The largest absolute Gasteiger partial charge is 0.497 e. The summed E-state index contributed by atoms with van der Waals surface area (Å²) in [4.78, 5) is 0. The van der Waals surface area contributed by atoms with Gasteiger partial charge in [-0.2, -0.15) is 0 Å². The molecule has 1 heterocycles. The summed E-state index contributed by atoms with van der Waals surface area (Å²) >= 11 is 7.88. The zero-order valence-electron chi connectivity index (χ0n) is 12.9. The zero-order valence-corrected chi connectivity index (χ0v) is 14.4. The zero-order chi connectivity index (χ0) is 16.2. The second-order valence-corrected chi connectivity index (χ2v) is 6.33. The lowest BCUT2D eigenvalue weighted by molar-refractivity contribution is 0.414. The summed E-state index contributed by atoms with van der Waals surface area (Å²) in [5.41, 5.74) is 2.10. The number of rotatable bonds is 5. The van der Waals surface area contributed by atoms with Crippen LogP contribution in [0.5, 0.6) is 5.75 Å². The number of methoxy groups -OCH3 is 1. The minimum absolute atomic E-state index is 0.676. The van der Waals surface area contributed by atoms with E-state index in [0.29, 0.717) is 5.02 Å². The Morgan fingerprint density at radius 2 is 1.83 bits per heavy atom. The first-order valence-electron chi connectivity index (χ1n) is 7.09. The summed E-state index contributed by atoms with van der Waals surface area (Å²) in [6.07, 6.45) is 0. The van der Waals surface area contributed by atoms with E-state index in [-0.39, 0.29) is 0 Å². The average molecular weight is 346 g/mol. The van der Waals surface area contributed by atoms with Crippen LogP contribution in [-0.2, 0) is 12.8 Å². The molecule has 0 atom stereocenters. The number of aromatic nitrogens is 3. The lowest BCUT2D eigenvalue weighted by Crippen LogP contribution is -1.95. The third-order valence-electron chi connectivity index (χ3n) is 3.48. The van der Waals surface area contributed by atoms with Gasteiger partial charge in [0.1, 0.15) is 5.75 Å².